The summed E-state index contributed by atoms with van der Waals surface area (Å²) in [5, 5.41) is 28.6. The van der Waals surface area contributed by atoms with E-state index in [1.54, 1.807) is 12.1 Å². The third-order valence-electron chi connectivity index (χ3n) is 3.03. The summed E-state index contributed by atoms with van der Waals surface area (Å²) in [6, 6.07) is 4.58. The van der Waals surface area contributed by atoms with E-state index in [1.807, 2.05) is 4.90 Å². The van der Waals surface area contributed by atoms with E-state index >= 15 is 0 Å². The largest absolute Gasteiger partial charge is 0.396 e. The van der Waals surface area contributed by atoms with E-state index < -0.39 is 4.92 Å². The third kappa shape index (κ3) is 2.24. The van der Waals surface area contributed by atoms with Crippen LogP contribution in [0.3, 0.4) is 0 Å². The van der Waals surface area contributed by atoms with Gasteiger partial charge in [0.2, 0.25) is 5.69 Å². The standard InChI is InChI=1S/C11H12N4O3/c12-5-9-10(15(17)18)1-2-11(13-9)14-4-3-8(6-14)7-16/h1-2,8,16H,3-4,6-7H2. The second kappa shape index (κ2) is 4.98. The third-order valence-corrected chi connectivity index (χ3v) is 3.03. The van der Waals surface area contributed by atoms with Gasteiger partial charge in [-0.2, -0.15) is 5.26 Å². The highest BCUT2D eigenvalue weighted by molar-refractivity contribution is 5.52. The van der Waals surface area contributed by atoms with Crippen molar-refractivity contribution < 1.29 is 10.0 Å². The lowest BCUT2D eigenvalue weighted by Crippen LogP contribution is -2.22. The Labute approximate surface area is 103 Å². The van der Waals surface area contributed by atoms with Gasteiger partial charge in [-0.05, 0) is 12.5 Å². The Balaban J connectivity index is 2.26. The van der Waals surface area contributed by atoms with Crippen LogP contribution in [0.25, 0.3) is 0 Å². The summed E-state index contributed by atoms with van der Waals surface area (Å²) in [7, 11) is 0. The van der Waals surface area contributed by atoms with Crippen LogP contribution < -0.4 is 4.90 Å². The molecule has 1 N–H and O–H groups in total. The van der Waals surface area contributed by atoms with Crippen molar-refractivity contribution in [2.75, 3.05) is 24.6 Å². The van der Waals surface area contributed by atoms with Crippen molar-refractivity contribution in [3.05, 3.63) is 27.9 Å². The van der Waals surface area contributed by atoms with Crippen molar-refractivity contribution in [2.24, 2.45) is 5.92 Å². The lowest BCUT2D eigenvalue weighted by molar-refractivity contribution is -0.385. The van der Waals surface area contributed by atoms with Crippen LogP contribution in [0.2, 0.25) is 0 Å². The molecule has 1 saturated heterocycles. The maximum absolute atomic E-state index is 10.7. The fourth-order valence-electron chi connectivity index (χ4n) is 2.04. The number of aliphatic hydroxyl groups is 1. The number of nitriles is 1. The molecule has 94 valence electrons. The van der Waals surface area contributed by atoms with Gasteiger partial charge in [0.15, 0.2) is 0 Å². The summed E-state index contributed by atoms with van der Waals surface area (Å²) in [4.78, 5) is 16.0. The molecule has 1 aliphatic rings. The number of aliphatic hydroxyl groups excluding tert-OH is 1. The highest BCUT2D eigenvalue weighted by Crippen LogP contribution is 2.25. The molecule has 2 rings (SSSR count). The summed E-state index contributed by atoms with van der Waals surface area (Å²) in [5.74, 6) is 0.751. The zero-order valence-corrected chi connectivity index (χ0v) is 9.61. The molecule has 1 aromatic heterocycles. The van der Waals surface area contributed by atoms with E-state index in [9.17, 15) is 10.1 Å². The van der Waals surface area contributed by atoms with Gasteiger partial charge in [0.05, 0.1) is 4.92 Å². The van der Waals surface area contributed by atoms with Crippen molar-refractivity contribution >= 4 is 11.5 Å². The molecule has 0 spiro atoms. The van der Waals surface area contributed by atoms with Crippen LogP contribution in [0.5, 0.6) is 0 Å². The molecule has 0 amide bonds. The van der Waals surface area contributed by atoms with Crippen LogP contribution in [0.1, 0.15) is 12.1 Å². The van der Waals surface area contributed by atoms with E-state index in [1.165, 1.54) is 6.07 Å². The molecule has 7 nitrogen and oxygen atoms in total. The highest BCUT2D eigenvalue weighted by atomic mass is 16.6. The summed E-state index contributed by atoms with van der Waals surface area (Å²) in [6.07, 6.45) is 0.858. The molecule has 7 heteroatoms. The fourth-order valence-corrected chi connectivity index (χ4v) is 2.04. The lowest BCUT2D eigenvalue weighted by Gasteiger charge is -2.16. The highest BCUT2D eigenvalue weighted by Gasteiger charge is 2.24. The Morgan fingerprint density at radius 2 is 2.44 bits per heavy atom. The molecule has 0 aliphatic carbocycles. The van der Waals surface area contributed by atoms with Crippen molar-refractivity contribution in [3.63, 3.8) is 0 Å². The molecule has 2 heterocycles. The first kappa shape index (κ1) is 12.3. The van der Waals surface area contributed by atoms with Gasteiger partial charge < -0.3 is 10.0 Å². The van der Waals surface area contributed by atoms with Gasteiger partial charge in [-0.3, -0.25) is 10.1 Å². The van der Waals surface area contributed by atoms with Gasteiger partial charge in [0.25, 0.3) is 0 Å². The van der Waals surface area contributed by atoms with Gasteiger partial charge in [0.1, 0.15) is 11.9 Å². The average Bonchev–Trinajstić information content (AvgIpc) is 2.86. The summed E-state index contributed by atoms with van der Waals surface area (Å²) >= 11 is 0. The predicted molar refractivity (Wildman–Crippen MR) is 63.0 cm³/mol. The Kier molecular flexibility index (Phi) is 3.39. The van der Waals surface area contributed by atoms with Crippen LogP contribution in [-0.4, -0.2) is 34.7 Å². The van der Waals surface area contributed by atoms with Crippen LogP contribution in [0.4, 0.5) is 11.5 Å². The van der Waals surface area contributed by atoms with Crippen LogP contribution in [0.15, 0.2) is 12.1 Å². The molecule has 0 bridgehead atoms. The van der Waals surface area contributed by atoms with Gasteiger partial charge in [-0.15, -0.1) is 0 Å². The van der Waals surface area contributed by atoms with Crippen molar-refractivity contribution in [2.45, 2.75) is 6.42 Å². The van der Waals surface area contributed by atoms with E-state index in [-0.39, 0.29) is 23.9 Å². The molecule has 18 heavy (non-hydrogen) atoms. The molecule has 1 atom stereocenters. The van der Waals surface area contributed by atoms with Crippen molar-refractivity contribution in [1.82, 2.24) is 4.98 Å². The Morgan fingerprint density at radius 3 is 3.00 bits per heavy atom. The van der Waals surface area contributed by atoms with Gasteiger partial charge >= 0.3 is 5.69 Å². The number of anilines is 1. The summed E-state index contributed by atoms with van der Waals surface area (Å²) in [5.41, 5.74) is -0.455. The number of aromatic nitrogens is 1. The minimum Gasteiger partial charge on any atom is -0.396 e. The second-order valence-electron chi connectivity index (χ2n) is 4.19. The van der Waals surface area contributed by atoms with E-state index in [4.69, 9.17) is 10.4 Å². The number of hydrogen-bond donors (Lipinski definition) is 1. The van der Waals surface area contributed by atoms with Crippen LogP contribution in [0, 0.1) is 27.4 Å². The predicted octanol–water partition coefficient (Wildman–Crippen LogP) is 0.680. The SMILES string of the molecule is N#Cc1nc(N2CCC(CO)C2)ccc1[N+](=O)[O-]. The quantitative estimate of drug-likeness (QED) is 0.623. The maximum Gasteiger partial charge on any atom is 0.305 e. The molecule has 1 fully saturated rings. The van der Waals surface area contributed by atoms with E-state index in [0.29, 0.717) is 12.4 Å². The van der Waals surface area contributed by atoms with Crippen LogP contribution in [-0.2, 0) is 0 Å². The Morgan fingerprint density at radius 1 is 1.67 bits per heavy atom. The van der Waals surface area contributed by atoms with E-state index in [0.717, 1.165) is 13.0 Å². The first-order valence-corrected chi connectivity index (χ1v) is 5.57. The number of pyridine rings is 1. The van der Waals surface area contributed by atoms with Crippen LogP contribution >= 0.6 is 0 Å². The van der Waals surface area contributed by atoms with Crippen molar-refractivity contribution in [3.8, 4) is 6.07 Å². The zero-order valence-electron chi connectivity index (χ0n) is 9.61. The monoisotopic (exact) mass is 248 g/mol. The molecule has 1 aliphatic heterocycles. The molecular formula is C11H12N4O3. The zero-order chi connectivity index (χ0) is 13.1. The number of nitrogens with zero attached hydrogens (tertiary/aromatic N) is 4. The topological polar surface area (TPSA) is 103 Å². The van der Waals surface area contributed by atoms with Gasteiger partial charge in [0, 0.05) is 31.7 Å². The molecule has 0 saturated carbocycles. The number of nitro groups is 1. The lowest BCUT2D eigenvalue weighted by atomic mass is 10.1. The molecular weight excluding hydrogens is 236 g/mol. The number of hydrogen-bond acceptors (Lipinski definition) is 6. The first-order valence-electron chi connectivity index (χ1n) is 5.57. The first-order chi connectivity index (χ1) is 8.65. The molecule has 0 aromatic carbocycles. The minimum atomic E-state index is -0.615. The maximum atomic E-state index is 10.7. The second-order valence-corrected chi connectivity index (χ2v) is 4.19. The van der Waals surface area contributed by atoms with Gasteiger partial charge in [-0.1, -0.05) is 0 Å². The smallest absolute Gasteiger partial charge is 0.305 e. The minimum absolute atomic E-state index is 0.120. The molecule has 1 unspecified atom stereocenters. The van der Waals surface area contributed by atoms with Gasteiger partial charge in [-0.25, -0.2) is 4.98 Å². The molecule has 0 radical (unpaired) electrons. The summed E-state index contributed by atoms with van der Waals surface area (Å²) < 4.78 is 0. The molecule has 1 aromatic rings. The normalized spacial score (nSPS) is 18.7. The number of rotatable bonds is 3. The Hall–Kier alpha value is -2.20. The average molecular weight is 248 g/mol. The van der Waals surface area contributed by atoms with Crippen molar-refractivity contribution in [1.29, 1.82) is 5.26 Å². The summed E-state index contributed by atoms with van der Waals surface area (Å²) in [6.45, 7) is 1.52. The van der Waals surface area contributed by atoms with E-state index in [2.05, 4.69) is 4.98 Å². The Bertz CT molecular complexity index is 512. The fraction of sp³-hybridized carbons (Fsp3) is 0.455.